The van der Waals surface area contributed by atoms with E-state index in [2.05, 4.69) is 10.6 Å². The summed E-state index contributed by atoms with van der Waals surface area (Å²) in [7, 11) is 0. The van der Waals surface area contributed by atoms with Gasteiger partial charge in [-0.1, -0.05) is 24.3 Å². The molecule has 0 saturated carbocycles. The number of nitro groups is 1. The normalized spacial score (nSPS) is 12.5. The lowest BCUT2D eigenvalue weighted by atomic mass is 10.0. The number of nitrogens with one attached hydrogen (secondary N) is 2. The largest absolute Gasteiger partial charge is 0.444 e. The van der Waals surface area contributed by atoms with Crippen LogP contribution < -0.4 is 16.4 Å². The second-order valence-electron chi connectivity index (χ2n) is 11.7. The Labute approximate surface area is 246 Å². The molecule has 2 rings (SSSR count). The van der Waals surface area contributed by atoms with Crippen LogP contribution in [-0.2, 0) is 31.9 Å². The van der Waals surface area contributed by atoms with E-state index in [1.165, 1.54) is 32.0 Å². The molecular formula is C30H42N4O8. The zero-order valence-electron chi connectivity index (χ0n) is 25.5. The van der Waals surface area contributed by atoms with Gasteiger partial charge < -0.3 is 25.8 Å². The first-order chi connectivity index (χ1) is 19.3. The van der Waals surface area contributed by atoms with Gasteiger partial charge in [0.2, 0.25) is 0 Å². The SMILES string of the molecule is CC(=O)[C@H](Cc1cccc(N)c1)NC(=O)OC(C)(C)C.CC(=O)[C@H](Cc1cccc([N+](=O)[O-])c1)NC(=O)OC(C)(C)C. The summed E-state index contributed by atoms with van der Waals surface area (Å²) < 4.78 is 10.3. The predicted octanol–water partition coefficient (Wildman–Crippen LogP) is 4.91. The number of nitrogens with zero attached hydrogens (tertiary/aromatic N) is 1. The molecule has 0 fully saturated rings. The van der Waals surface area contributed by atoms with Gasteiger partial charge in [-0.25, -0.2) is 9.59 Å². The standard InChI is InChI=1S/C15H20N2O5.C15H22N2O3/c1-10(18)13(16-14(19)22-15(2,3)4)9-11-6-5-7-12(8-11)17(20)21;1-10(18)13(17-14(19)20-15(2,3)4)9-11-6-5-7-12(16)8-11/h5-8,13H,9H2,1-4H3,(H,16,19);5-8,13H,9,16H2,1-4H3,(H,17,19)/t2*13-/m00/s1. The molecule has 0 bridgehead atoms. The number of anilines is 1. The van der Waals surface area contributed by atoms with Gasteiger partial charge in [0.05, 0.1) is 17.0 Å². The quantitative estimate of drug-likeness (QED) is 0.209. The summed E-state index contributed by atoms with van der Waals surface area (Å²) in [5, 5.41) is 15.8. The highest BCUT2D eigenvalue weighted by molar-refractivity contribution is 5.86. The summed E-state index contributed by atoms with van der Waals surface area (Å²) in [6.07, 6.45) is -0.740. The molecule has 0 aliphatic heterocycles. The monoisotopic (exact) mass is 586 g/mol. The summed E-state index contributed by atoms with van der Waals surface area (Å²) in [4.78, 5) is 57.0. The van der Waals surface area contributed by atoms with Crippen LogP contribution in [0.15, 0.2) is 48.5 Å². The Bertz CT molecular complexity index is 1260. The van der Waals surface area contributed by atoms with E-state index in [-0.39, 0.29) is 23.7 Å². The van der Waals surface area contributed by atoms with Gasteiger partial charge in [-0.05, 0) is 85.1 Å². The number of non-ortho nitro benzene ring substituents is 1. The van der Waals surface area contributed by atoms with E-state index in [4.69, 9.17) is 15.2 Å². The average Bonchev–Trinajstić information content (AvgIpc) is 2.81. The van der Waals surface area contributed by atoms with E-state index in [1.807, 2.05) is 12.1 Å². The lowest BCUT2D eigenvalue weighted by molar-refractivity contribution is -0.384. The van der Waals surface area contributed by atoms with E-state index in [0.717, 1.165) is 5.56 Å². The molecule has 2 aromatic rings. The Hall–Kier alpha value is -4.48. The van der Waals surface area contributed by atoms with Gasteiger partial charge in [0.25, 0.3) is 5.69 Å². The number of hydrogen-bond acceptors (Lipinski definition) is 9. The molecule has 0 saturated heterocycles. The molecule has 2 amide bonds. The molecule has 2 atom stereocenters. The highest BCUT2D eigenvalue weighted by Gasteiger charge is 2.24. The van der Waals surface area contributed by atoms with Crippen LogP contribution in [0.4, 0.5) is 21.0 Å². The minimum Gasteiger partial charge on any atom is -0.444 e. The molecule has 230 valence electrons. The van der Waals surface area contributed by atoms with Crippen molar-refractivity contribution in [1.29, 1.82) is 0 Å². The number of amides is 2. The maximum atomic E-state index is 11.7. The van der Waals surface area contributed by atoms with Crippen molar-refractivity contribution in [2.75, 3.05) is 5.73 Å². The van der Waals surface area contributed by atoms with Gasteiger partial charge in [-0.2, -0.15) is 0 Å². The molecular weight excluding hydrogens is 544 g/mol. The molecule has 0 unspecified atom stereocenters. The van der Waals surface area contributed by atoms with Crippen molar-refractivity contribution in [2.24, 2.45) is 0 Å². The molecule has 0 heterocycles. The number of carbonyl (C=O) groups is 4. The summed E-state index contributed by atoms with van der Waals surface area (Å²) in [6, 6.07) is 11.8. The van der Waals surface area contributed by atoms with Gasteiger partial charge in [0.15, 0.2) is 11.6 Å². The first-order valence-corrected chi connectivity index (χ1v) is 13.3. The third-order valence-corrected chi connectivity index (χ3v) is 5.32. The minimum absolute atomic E-state index is 0.0583. The molecule has 0 aliphatic rings. The number of nitro benzene ring substituents is 1. The average molecular weight is 587 g/mol. The second kappa shape index (κ2) is 15.5. The van der Waals surface area contributed by atoms with Gasteiger partial charge in [0.1, 0.15) is 11.2 Å². The van der Waals surface area contributed by atoms with Crippen molar-refractivity contribution in [1.82, 2.24) is 10.6 Å². The number of Topliss-reactive ketones (excluding diaryl/α,β-unsaturated/α-hetero) is 2. The van der Waals surface area contributed by atoms with Gasteiger partial charge in [-0.15, -0.1) is 0 Å². The smallest absolute Gasteiger partial charge is 0.408 e. The summed E-state index contributed by atoms with van der Waals surface area (Å²) in [5.74, 6) is -0.379. The van der Waals surface area contributed by atoms with Crippen LogP contribution in [0.2, 0.25) is 0 Å². The first-order valence-electron chi connectivity index (χ1n) is 13.3. The number of ether oxygens (including phenoxy) is 2. The second-order valence-corrected chi connectivity index (χ2v) is 11.7. The maximum absolute atomic E-state index is 11.7. The predicted molar refractivity (Wildman–Crippen MR) is 159 cm³/mol. The van der Waals surface area contributed by atoms with E-state index in [1.54, 1.807) is 59.7 Å². The Morgan fingerprint density at radius 3 is 1.55 bits per heavy atom. The van der Waals surface area contributed by atoms with Gasteiger partial charge in [0, 0.05) is 24.2 Å². The van der Waals surface area contributed by atoms with Crippen molar-refractivity contribution < 1.29 is 33.6 Å². The number of alkyl carbamates (subject to hydrolysis) is 2. The van der Waals surface area contributed by atoms with Crippen LogP contribution in [0.3, 0.4) is 0 Å². The first kappa shape index (κ1) is 35.5. The number of nitrogens with two attached hydrogens (primary N) is 1. The van der Waals surface area contributed by atoms with E-state index in [0.29, 0.717) is 17.7 Å². The van der Waals surface area contributed by atoms with Crippen molar-refractivity contribution in [3.63, 3.8) is 0 Å². The third-order valence-electron chi connectivity index (χ3n) is 5.32. The van der Waals surface area contributed by atoms with Crippen LogP contribution in [0, 0.1) is 10.1 Å². The fourth-order valence-electron chi connectivity index (χ4n) is 3.48. The molecule has 4 N–H and O–H groups in total. The molecule has 42 heavy (non-hydrogen) atoms. The van der Waals surface area contributed by atoms with Crippen LogP contribution in [0.25, 0.3) is 0 Å². The molecule has 0 aliphatic carbocycles. The highest BCUT2D eigenvalue weighted by Crippen LogP contribution is 2.16. The van der Waals surface area contributed by atoms with Gasteiger partial charge in [-0.3, -0.25) is 19.7 Å². The summed E-state index contributed by atoms with van der Waals surface area (Å²) in [6.45, 7) is 13.3. The molecule has 12 nitrogen and oxygen atoms in total. The van der Waals surface area contributed by atoms with Crippen molar-refractivity contribution >= 4 is 35.1 Å². The fourth-order valence-corrected chi connectivity index (χ4v) is 3.48. The molecule has 12 heteroatoms. The number of benzene rings is 2. The summed E-state index contributed by atoms with van der Waals surface area (Å²) >= 11 is 0. The zero-order valence-corrected chi connectivity index (χ0v) is 25.5. The van der Waals surface area contributed by atoms with Crippen LogP contribution in [0.5, 0.6) is 0 Å². The number of nitrogen functional groups attached to an aromatic ring is 1. The van der Waals surface area contributed by atoms with Gasteiger partial charge >= 0.3 is 12.2 Å². The Kier molecular flexibility index (Phi) is 13.1. The third kappa shape index (κ3) is 14.8. The minimum atomic E-state index is -0.795. The zero-order chi connectivity index (χ0) is 32.3. The number of rotatable bonds is 9. The highest BCUT2D eigenvalue weighted by atomic mass is 16.6. The lowest BCUT2D eigenvalue weighted by Gasteiger charge is -2.22. The van der Waals surface area contributed by atoms with Crippen LogP contribution in [-0.4, -0.2) is 52.0 Å². The maximum Gasteiger partial charge on any atom is 0.408 e. The Morgan fingerprint density at radius 2 is 1.19 bits per heavy atom. The molecule has 2 aromatic carbocycles. The Morgan fingerprint density at radius 1 is 0.786 bits per heavy atom. The van der Waals surface area contributed by atoms with Crippen LogP contribution in [0.1, 0.15) is 66.5 Å². The fraction of sp³-hybridized carbons (Fsp3) is 0.467. The van der Waals surface area contributed by atoms with Crippen molar-refractivity contribution in [3.8, 4) is 0 Å². The molecule has 0 radical (unpaired) electrons. The number of ketones is 2. The number of carbonyl (C=O) groups excluding carboxylic acids is 4. The van der Waals surface area contributed by atoms with Crippen molar-refractivity contribution in [3.05, 3.63) is 69.8 Å². The topological polar surface area (TPSA) is 180 Å². The van der Waals surface area contributed by atoms with Crippen LogP contribution >= 0.6 is 0 Å². The van der Waals surface area contributed by atoms with E-state index >= 15 is 0 Å². The summed E-state index contributed by atoms with van der Waals surface area (Å²) in [5.41, 5.74) is 6.48. The van der Waals surface area contributed by atoms with E-state index in [9.17, 15) is 29.3 Å². The molecule has 0 spiro atoms. The van der Waals surface area contributed by atoms with Crippen molar-refractivity contribution in [2.45, 2.75) is 91.5 Å². The number of hydrogen-bond donors (Lipinski definition) is 3. The van der Waals surface area contributed by atoms with E-state index < -0.39 is 40.4 Å². The molecule has 0 aromatic heterocycles. The Balaban J connectivity index is 0.000000422. The lowest BCUT2D eigenvalue weighted by Crippen LogP contribution is -2.43.